The third-order valence-corrected chi connectivity index (χ3v) is 0.805. The predicted octanol–water partition coefficient (Wildman–Crippen LogP) is -2.50. The van der Waals surface area contributed by atoms with E-state index in [0.717, 1.165) is 0 Å². The summed E-state index contributed by atoms with van der Waals surface area (Å²) in [4.78, 5) is 19.5. The molecule has 7 heteroatoms. The van der Waals surface area contributed by atoms with Crippen LogP contribution in [-0.2, 0) is 9.59 Å². The van der Waals surface area contributed by atoms with Crippen molar-refractivity contribution in [2.45, 2.75) is 12.2 Å². The van der Waals surface area contributed by atoms with E-state index in [4.69, 9.17) is 20.4 Å². The van der Waals surface area contributed by atoms with Crippen LogP contribution in [0.4, 0.5) is 0 Å². The zero-order chi connectivity index (χ0) is 8.31. The minimum atomic E-state index is -2.27. The Hall–Kier alpha value is 0.341. The van der Waals surface area contributed by atoms with Gasteiger partial charge in [-0.15, -0.1) is 0 Å². The monoisotopic (exact) mass is 238 g/mol. The Morgan fingerprint density at radius 2 is 1.09 bits per heavy atom. The Kier molecular flexibility index (Phi) is 7.49. The summed E-state index contributed by atoms with van der Waals surface area (Å²) in [7, 11) is 0. The summed E-state index contributed by atoms with van der Waals surface area (Å²) in [6.07, 6.45) is -4.53. The smallest absolute Gasteiger partial charge is 0.479 e. The first-order valence-electron chi connectivity index (χ1n) is 2.28. The van der Waals surface area contributed by atoms with Gasteiger partial charge in [0, 0.05) is 0 Å². The van der Waals surface area contributed by atoms with Gasteiger partial charge in [0.25, 0.3) is 0 Å². The van der Waals surface area contributed by atoms with Crippen molar-refractivity contribution in [1.82, 2.24) is 0 Å². The Morgan fingerprint density at radius 3 is 1.18 bits per heavy atom. The number of hydrogen-bond donors (Lipinski definition) is 4. The van der Waals surface area contributed by atoms with E-state index in [1.54, 1.807) is 0 Å². The maximum absolute atomic E-state index is 9.77. The number of carboxylic acids is 2. The summed E-state index contributed by atoms with van der Waals surface area (Å²) in [6.45, 7) is 0. The molecule has 0 saturated heterocycles. The number of carboxylic acid groups (broad SMARTS) is 2. The molecule has 0 spiro atoms. The molecule has 0 aromatic rings. The van der Waals surface area contributed by atoms with Crippen LogP contribution in [0.25, 0.3) is 0 Å². The molecule has 0 fully saturated rings. The van der Waals surface area contributed by atoms with E-state index in [-0.39, 0.29) is 45.5 Å². The molecular formula is C4H6O6Sr+2. The van der Waals surface area contributed by atoms with Gasteiger partial charge in [0.1, 0.15) is 0 Å². The van der Waals surface area contributed by atoms with Crippen molar-refractivity contribution in [3.05, 3.63) is 0 Å². The Balaban J connectivity index is 0. The molecule has 2 unspecified atom stereocenters. The van der Waals surface area contributed by atoms with Crippen molar-refractivity contribution in [3.8, 4) is 0 Å². The van der Waals surface area contributed by atoms with Crippen molar-refractivity contribution in [2.24, 2.45) is 0 Å². The maximum Gasteiger partial charge on any atom is 2.00 e. The van der Waals surface area contributed by atoms with E-state index in [1.807, 2.05) is 0 Å². The number of hydrogen-bond acceptors (Lipinski definition) is 4. The molecule has 0 aliphatic carbocycles. The van der Waals surface area contributed by atoms with Gasteiger partial charge < -0.3 is 20.4 Å². The summed E-state index contributed by atoms with van der Waals surface area (Å²) in [5, 5.41) is 32.5. The average Bonchev–Trinajstić information content (AvgIpc) is 1.84. The molecule has 4 N–H and O–H groups in total. The van der Waals surface area contributed by atoms with Crippen molar-refractivity contribution < 1.29 is 30.0 Å². The average molecular weight is 238 g/mol. The van der Waals surface area contributed by atoms with Gasteiger partial charge in [-0.05, 0) is 0 Å². The van der Waals surface area contributed by atoms with E-state index in [0.29, 0.717) is 0 Å². The molecule has 2 atom stereocenters. The zero-order valence-electron chi connectivity index (χ0n) is 5.47. The Labute approximate surface area is 98.7 Å². The zero-order valence-corrected chi connectivity index (χ0v) is 8.94. The second-order valence-electron chi connectivity index (χ2n) is 1.57. The first-order valence-corrected chi connectivity index (χ1v) is 2.28. The summed E-state index contributed by atoms with van der Waals surface area (Å²) in [6, 6.07) is 0. The molecule has 0 aliphatic heterocycles. The molecule has 0 aromatic carbocycles. The van der Waals surface area contributed by atoms with E-state index >= 15 is 0 Å². The van der Waals surface area contributed by atoms with Crippen LogP contribution >= 0.6 is 0 Å². The van der Waals surface area contributed by atoms with Gasteiger partial charge >= 0.3 is 57.4 Å². The summed E-state index contributed by atoms with van der Waals surface area (Å²) in [5.74, 6) is -3.54. The van der Waals surface area contributed by atoms with Crippen LogP contribution in [0.1, 0.15) is 0 Å². The fourth-order valence-corrected chi connectivity index (χ4v) is 0.270. The van der Waals surface area contributed by atoms with Crippen molar-refractivity contribution in [3.63, 3.8) is 0 Å². The number of rotatable bonds is 3. The largest absolute Gasteiger partial charge is 2.00 e. The number of aliphatic hydroxyl groups excluding tert-OH is 2. The Bertz CT molecular complexity index is 139. The van der Waals surface area contributed by atoms with Crippen LogP contribution in [0.2, 0.25) is 0 Å². The van der Waals surface area contributed by atoms with Gasteiger partial charge in [-0.25, -0.2) is 9.59 Å². The molecule has 0 aromatic heterocycles. The van der Waals surface area contributed by atoms with Crippen LogP contribution in [0.3, 0.4) is 0 Å². The van der Waals surface area contributed by atoms with Crippen LogP contribution in [0, 0.1) is 0 Å². The third kappa shape index (κ3) is 4.72. The molecule has 0 amide bonds. The summed E-state index contributed by atoms with van der Waals surface area (Å²) < 4.78 is 0. The number of carbonyl (C=O) groups is 2. The van der Waals surface area contributed by atoms with Gasteiger partial charge in [-0.1, -0.05) is 0 Å². The molecule has 0 radical (unpaired) electrons. The first-order chi connectivity index (χ1) is 4.46. The quantitative estimate of drug-likeness (QED) is 0.404. The topological polar surface area (TPSA) is 115 Å². The molecule has 11 heavy (non-hydrogen) atoms. The van der Waals surface area contributed by atoms with E-state index in [2.05, 4.69) is 0 Å². The molecule has 0 heterocycles. The number of aliphatic hydroxyl groups is 2. The summed E-state index contributed by atoms with van der Waals surface area (Å²) >= 11 is 0. The molecule has 0 rings (SSSR count). The van der Waals surface area contributed by atoms with Crippen molar-refractivity contribution >= 4 is 57.4 Å². The van der Waals surface area contributed by atoms with Gasteiger partial charge in [0.15, 0.2) is 12.2 Å². The minimum absolute atomic E-state index is 0. The van der Waals surface area contributed by atoms with E-state index in [9.17, 15) is 9.59 Å². The van der Waals surface area contributed by atoms with E-state index in [1.165, 1.54) is 0 Å². The molecule has 0 saturated carbocycles. The summed E-state index contributed by atoms with van der Waals surface area (Å²) in [5.41, 5.74) is 0. The second-order valence-corrected chi connectivity index (χ2v) is 1.57. The standard InChI is InChI=1S/C4H6O6.Sr/c5-1(3(7)8)2(6)4(9)10;/h1-2,5-6H,(H,7,8)(H,9,10);/q;+2. The van der Waals surface area contributed by atoms with Crippen LogP contribution < -0.4 is 0 Å². The third-order valence-electron chi connectivity index (χ3n) is 0.805. The van der Waals surface area contributed by atoms with Crippen LogP contribution in [0.15, 0.2) is 0 Å². The number of aliphatic carboxylic acids is 2. The SMILES string of the molecule is O=C(O)C(O)C(O)C(=O)O.[Sr+2]. The fourth-order valence-electron chi connectivity index (χ4n) is 0.270. The predicted molar refractivity (Wildman–Crippen MR) is 33.0 cm³/mol. The molecule has 0 bridgehead atoms. The normalized spacial score (nSPS) is 14.4. The maximum atomic E-state index is 9.77. The van der Waals surface area contributed by atoms with Crippen molar-refractivity contribution in [1.29, 1.82) is 0 Å². The van der Waals surface area contributed by atoms with Gasteiger partial charge in [-0.2, -0.15) is 0 Å². The molecule has 6 nitrogen and oxygen atoms in total. The van der Waals surface area contributed by atoms with Crippen LogP contribution in [0.5, 0.6) is 0 Å². The van der Waals surface area contributed by atoms with Gasteiger partial charge in [0.05, 0.1) is 0 Å². The first kappa shape index (κ1) is 13.9. The minimum Gasteiger partial charge on any atom is -0.479 e. The van der Waals surface area contributed by atoms with E-state index < -0.39 is 24.1 Å². The molecular weight excluding hydrogens is 232 g/mol. The van der Waals surface area contributed by atoms with Gasteiger partial charge in [-0.3, -0.25) is 0 Å². The molecule has 58 valence electrons. The Morgan fingerprint density at radius 1 is 0.909 bits per heavy atom. The van der Waals surface area contributed by atoms with Crippen molar-refractivity contribution in [2.75, 3.05) is 0 Å². The second kappa shape index (κ2) is 5.92. The van der Waals surface area contributed by atoms with Gasteiger partial charge in [0.2, 0.25) is 0 Å². The van der Waals surface area contributed by atoms with Crippen LogP contribution in [-0.4, -0.2) is 90.1 Å². The molecule has 0 aliphatic rings. The fraction of sp³-hybridized carbons (Fsp3) is 0.500.